The minimum absolute atomic E-state index is 0.191. The van der Waals surface area contributed by atoms with Gasteiger partial charge in [-0.25, -0.2) is 4.98 Å². The van der Waals surface area contributed by atoms with Gasteiger partial charge in [0.05, 0.1) is 29.8 Å². The second kappa shape index (κ2) is 5.42. The summed E-state index contributed by atoms with van der Waals surface area (Å²) in [6, 6.07) is 8.38. The summed E-state index contributed by atoms with van der Waals surface area (Å²) in [5.41, 5.74) is 2.20. The van der Waals surface area contributed by atoms with E-state index in [1.807, 2.05) is 29.1 Å². The number of hydrogen-bond acceptors (Lipinski definition) is 4. The van der Waals surface area contributed by atoms with E-state index >= 15 is 0 Å². The fraction of sp³-hybridized carbons (Fsp3) is 0.357. The molecule has 104 valence electrons. The van der Waals surface area contributed by atoms with Crippen molar-refractivity contribution in [1.82, 2.24) is 29.9 Å². The molecule has 0 spiro atoms. The second-order valence-corrected chi connectivity index (χ2v) is 4.86. The smallest absolute Gasteiger partial charge is 0.126 e. The van der Waals surface area contributed by atoms with E-state index in [4.69, 9.17) is 4.98 Å². The molecule has 0 fully saturated rings. The Hall–Kier alpha value is -2.21. The molecule has 0 bridgehead atoms. The van der Waals surface area contributed by atoms with Crippen LogP contribution in [0.1, 0.15) is 18.8 Å². The number of rotatable bonds is 5. The zero-order valence-corrected chi connectivity index (χ0v) is 11.7. The molecule has 0 amide bonds. The summed E-state index contributed by atoms with van der Waals surface area (Å²) in [5, 5.41) is 11.2. The minimum Gasteiger partial charge on any atom is -0.330 e. The lowest BCUT2D eigenvalue weighted by atomic mass is 10.3. The lowest BCUT2D eigenvalue weighted by molar-refractivity contribution is 0.480. The molecule has 1 atom stereocenters. The van der Waals surface area contributed by atoms with E-state index in [1.165, 1.54) is 0 Å². The van der Waals surface area contributed by atoms with Crippen LogP contribution in [0, 0.1) is 0 Å². The van der Waals surface area contributed by atoms with Gasteiger partial charge < -0.3 is 9.88 Å². The Balaban J connectivity index is 1.69. The Bertz CT molecular complexity index is 685. The number of hydrogen-bond donors (Lipinski definition) is 1. The van der Waals surface area contributed by atoms with Gasteiger partial charge in [0.15, 0.2) is 0 Å². The van der Waals surface area contributed by atoms with Crippen LogP contribution < -0.4 is 5.32 Å². The normalized spacial score (nSPS) is 12.9. The fourth-order valence-corrected chi connectivity index (χ4v) is 2.39. The molecule has 2 aromatic heterocycles. The summed E-state index contributed by atoms with van der Waals surface area (Å²) in [7, 11) is 2.06. The average Bonchev–Trinajstić information content (AvgIpc) is 3.08. The summed E-state index contributed by atoms with van der Waals surface area (Å²) in [5.74, 6) is 1.05. The number of nitrogens with zero attached hydrogens (tertiary/aromatic N) is 5. The molecule has 0 aliphatic carbocycles. The first-order chi connectivity index (χ1) is 9.75. The van der Waals surface area contributed by atoms with Gasteiger partial charge >= 0.3 is 0 Å². The largest absolute Gasteiger partial charge is 0.330 e. The Morgan fingerprint density at radius 2 is 2.15 bits per heavy atom. The van der Waals surface area contributed by atoms with Crippen molar-refractivity contribution < 1.29 is 0 Å². The van der Waals surface area contributed by atoms with Crippen molar-refractivity contribution in [1.29, 1.82) is 0 Å². The van der Waals surface area contributed by atoms with Crippen molar-refractivity contribution in [3.05, 3.63) is 42.5 Å². The first-order valence-corrected chi connectivity index (χ1v) is 6.74. The van der Waals surface area contributed by atoms with Crippen molar-refractivity contribution in [3.63, 3.8) is 0 Å². The summed E-state index contributed by atoms with van der Waals surface area (Å²) >= 11 is 0. The molecule has 1 N–H and O–H groups in total. The Kier molecular flexibility index (Phi) is 3.47. The van der Waals surface area contributed by atoms with E-state index in [0.29, 0.717) is 0 Å². The highest BCUT2D eigenvalue weighted by Crippen LogP contribution is 2.18. The third-order valence-corrected chi connectivity index (χ3v) is 3.47. The molecule has 3 rings (SSSR count). The second-order valence-electron chi connectivity index (χ2n) is 4.86. The maximum Gasteiger partial charge on any atom is 0.126 e. The van der Waals surface area contributed by atoms with E-state index < -0.39 is 0 Å². The highest BCUT2D eigenvalue weighted by molar-refractivity contribution is 5.75. The van der Waals surface area contributed by atoms with Gasteiger partial charge in [-0.1, -0.05) is 17.3 Å². The van der Waals surface area contributed by atoms with Crippen LogP contribution >= 0.6 is 0 Å². The minimum atomic E-state index is 0.191. The van der Waals surface area contributed by atoms with Gasteiger partial charge in [-0.05, 0) is 19.1 Å². The molecule has 1 unspecified atom stereocenters. The van der Waals surface area contributed by atoms with Crippen LogP contribution in [0.2, 0.25) is 0 Å². The van der Waals surface area contributed by atoms with Crippen LogP contribution in [-0.4, -0.2) is 31.1 Å². The van der Waals surface area contributed by atoms with Crippen LogP contribution in [0.3, 0.4) is 0 Å². The summed E-state index contributed by atoms with van der Waals surface area (Å²) in [6.07, 6.45) is 3.55. The summed E-state index contributed by atoms with van der Waals surface area (Å²) < 4.78 is 3.96. The topological polar surface area (TPSA) is 60.6 Å². The summed E-state index contributed by atoms with van der Waals surface area (Å²) in [4.78, 5) is 4.69. The highest BCUT2D eigenvalue weighted by atomic mass is 15.4. The molecular weight excluding hydrogens is 252 g/mol. The van der Waals surface area contributed by atoms with Gasteiger partial charge in [-0.15, -0.1) is 5.10 Å². The lowest BCUT2D eigenvalue weighted by Gasteiger charge is -2.13. The van der Waals surface area contributed by atoms with Gasteiger partial charge in [0.25, 0.3) is 0 Å². The Morgan fingerprint density at radius 1 is 1.30 bits per heavy atom. The molecule has 1 aromatic carbocycles. The molecule has 0 radical (unpaired) electrons. The van der Waals surface area contributed by atoms with Gasteiger partial charge in [0.1, 0.15) is 5.82 Å². The van der Waals surface area contributed by atoms with E-state index in [2.05, 4.69) is 40.2 Å². The highest BCUT2D eigenvalue weighted by Gasteiger charge is 2.13. The average molecular weight is 270 g/mol. The van der Waals surface area contributed by atoms with E-state index in [0.717, 1.165) is 29.9 Å². The van der Waals surface area contributed by atoms with E-state index in [9.17, 15) is 0 Å². The van der Waals surface area contributed by atoms with Crippen LogP contribution in [0.15, 0.2) is 36.7 Å². The molecule has 6 heteroatoms. The number of aryl methyl sites for hydroxylation is 1. The van der Waals surface area contributed by atoms with E-state index in [1.54, 1.807) is 6.20 Å². The van der Waals surface area contributed by atoms with Crippen LogP contribution in [0.25, 0.3) is 11.0 Å². The molecule has 20 heavy (non-hydrogen) atoms. The standard InChI is InChI=1S/C14H18N6/c1-11(15-7-9-20-10-8-16-18-20)14-17-12-5-3-4-6-13(12)19(14)2/h3-6,8,10-11,15H,7,9H2,1-2H3. The molecule has 3 aromatic rings. The van der Waals surface area contributed by atoms with Crippen molar-refractivity contribution in [2.24, 2.45) is 7.05 Å². The molecule has 0 aliphatic heterocycles. The molecular formula is C14H18N6. The first kappa shape index (κ1) is 12.8. The maximum atomic E-state index is 4.69. The molecule has 6 nitrogen and oxygen atoms in total. The number of para-hydroxylation sites is 2. The number of imidazole rings is 1. The zero-order valence-electron chi connectivity index (χ0n) is 11.7. The van der Waals surface area contributed by atoms with Crippen LogP contribution in [-0.2, 0) is 13.6 Å². The Labute approximate surface area is 117 Å². The van der Waals surface area contributed by atoms with Gasteiger partial charge in [0.2, 0.25) is 0 Å². The van der Waals surface area contributed by atoms with E-state index in [-0.39, 0.29) is 6.04 Å². The van der Waals surface area contributed by atoms with Crippen molar-refractivity contribution >= 4 is 11.0 Å². The number of nitrogens with one attached hydrogen (secondary N) is 1. The SMILES string of the molecule is CC(NCCn1ccnn1)c1nc2ccccc2n1C. The van der Waals surface area contributed by atoms with Crippen LogP contribution in [0.4, 0.5) is 0 Å². The number of benzene rings is 1. The van der Waals surface area contributed by atoms with Gasteiger partial charge in [-0.3, -0.25) is 4.68 Å². The molecule has 0 saturated carbocycles. The summed E-state index contributed by atoms with van der Waals surface area (Å²) in [6.45, 7) is 3.75. The van der Waals surface area contributed by atoms with Crippen molar-refractivity contribution in [2.75, 3.05) is 6.54 Å². The fourth-order valence-electron chi connectivity index (χ4n) is 2.39. The molecule has 0 saturated heterocycles. The third-order valence-electron chi connectivity index (χ3n) is 3.47. The van der Waals surface area contributed by atoms with Crippen molar-refractivity contribution in [3.8, 4) is 0 Å². The predicted molar refractivity (Wildman–Crippen MR) is 77.2 cm³/mol. The third kappa shape index (κ3) is 2.42. The quantitative estimate of drug-likeness (QED) is 0.763. The first-order valence-electron chi connectivity index (χ1n) is 6.74. The zero-order chi connectivity index (χ0) is 13.9. The monoisotopic (exact) mass is 270 g/mol. The number of aromatic nitrogens is 5. The molecule has 2 heterocycles. The van der Waals surface area contributed by atoms with Gasteiger partial charge in [-0.2, -0.15) is 0 Å². The number of fused-ring (bicyclic) bond motifs is 1. The van der Waals surface area contributed by atoms with Crippen molar-refractivity contribution in [2.45, 2.75) is 19.5 Å². The Morgan fingerprint density at radius 3 is 2.90 bits per heavy atom. The predicted octanol–water partition coefficient (Wildman–Crippen LogP) is 1.52. The van der Waals surface area contributed by atoms with Crippen LogP contribution in [0.5, 0.6) is 0 Å². The molecule has 0 aliphatic rings. The van der Waals surface area contributed by atoms with Gasteiger partial charge in [0, 0.05) is 19.8 Å². The lowest BCUT2D eigenvalue weighted by Crippen LogP contribution is -2.25. The maximum absolute atomic E-state index is 4.69.